The first kappa shape index (κ1) is 13.3. The molecule has 0 saturated heterocycles. The first-order valence-electron chi connectivity index (χ1n) is 5.33. The van der Waals surface area contributed by atoms with Gasteiger partial charge in [-0.05, 0) is 40.2 Å². The molecule has 2 aromatic rings. The van der Waals surface area contributed by atoms with Crippen molar-refractivity contribution < 1.29 is 4.74 Å². The molecule has 0 aliphatic rings. The van der Waals surface area contributed by atoms with Crippen LogP contribution in [0.1, 0.15) is 5.56 Å². The van der Waals surface area contributed by atoms with Crippen LogP contribution in [-0.4, -0.2) is 13.3 Å². The summed E-state index contributed by atoms with van der Waals surface area (Å²) in [4.78, 5) is 4.42. The van der Waals surface area contributed by atoms with Crippen molar-refractivity contribution in [3.8, 4) is 5.75 Å². The minimum Gasteiger partial charge on any atom is -0.495 e. The highest BCUT2D eigenvalue weighted by atomic mass is 79.9. The van der Waals surface area contributed by atoms with Crippen LogP contribution >= 0.6 is 31.9 Å². The van der Waals surface area contributed by atoms with E-state index in [4.69, 9.17) is 4.74 Å². The van der Waals surface area contributed by atoms with Gasteiger partial charge >= 0.3 is 0 Å². The maximum absolute atomic E-state index is 5.36. The lowest BCUT2D eigenvalue weighted by molar-refractivity contribution is 0.411. The lowest BCUT2D eigenvalue weighted by atomic mass is 10.2. The molecule has 0 bridgehead atoms. The van der Waals surface area contributed by atoms with Crippen LogP contribution in [0.25, 0.3) is 0 Å². The Balaban J connectivity index is 2.37. The summed E-state index contributed by atoms with van der Waals surface area (Å²) in [5, 5.41) is 0. The molecule has 92 valence electrons. The Bertz CT molecular complexity index is 568. The number of hydrogen-bond donors (Lipinski definition) is 0. The van der Waals surface area contributed by atoms with Gasteiger partial charge in [-0.15, -0.1) is 0 Å². The fraction of sp³-hybridized carbons (Fsp3) is 0.0714. The standard InChI is InChI=1S/C14H11Br2NO/c1-18-14-10(7-11(15)8-13(14)16)9-17-12-5-3-2-4-6-12/h2-9H,1H3. The van der Waals surface area contributed by atoms with Gasteiger partial charge in [-0.25, -0.2) is 0 Å². The van der Waals surface area contributed by atoms with Crippen molar-refractivity contribution in [3.63, 3.8) is 0 Å². The molecule has 2 aromatic carbocycles. The monoisotopic (exact) mass is 367 g/mol. The molecule has 4 heteroatoms. The summed E-state index contributed by atoms with van der Waals surface area (Å²) in [7, 11) is 1.65. The number of rotatable bonds is 3. The molecule has 2 nitrogen and oxygen atoms in total. The van der Waals surface area contributed by atoms with Crippen LogP contribution in [0, 0.1) is 0 Å². The van der Waals surface area contributed by atoms with Gasteiger partial charge in [-0.3, -0.25) is 4.99 Å². The zero-order valence-corrected chi connectivity index (χ0v) is 12.9. The maximum atomic E-state index is 5.36. The number of hydrogen-bond acceptors (Lipinski definition) is 2. The summed E-state index contributed by atoms with van der Waals surface area (Å²) >= 11 is 6.92. The molecule has 0 unspecified atom stereocenters. The molecular formula is C14H11Br2NO. The van der Waals surface area contributed by atoms with E-state index in [9.17, 15) is 0 Å². The maximum Gasteiger partial charge on any atom is 0.141 e. The molecule has 18 heavy (non-hydrogen) atoms. The van der Waals surface area contributed by atoms with Gasteiger partial charge < -0.3 is 4.74 Å². The number of benzene rings is 2. The lowest BCUT2D eigenvalue weighted by Crippen LogP contribution is -1.92. The van der Waals surface area contributed by atoms with Gasteiger partial charge in [0.2, 0.25) is 0 Å². The van der Waals surface area contributed by atoms with Gasteiger partial charge in [0.15, 0.2) is 0 Å². The largest absolute Gasteiger partial charge is 0.495 e. The minimum atomic E-state index is 0.776. The van der Waals surface area contributed by atoms with Crippen LogP contribution in [0.3, 0.4) is 0 Å². The molecule has 0 aromatic heterocycles. The highest BCUT2D eigenvalue weighted by molar-refractivity contribution is 9.11. The van der Waals surface area contributed by atoms with Crippen LogP contribution in [0.15, 0.2) is 56.4 Å². The summed E-state index contributed by atoms with van der Waals surface area (Å²) in [6.45, 7) is 0. The summed E-state index contributed by atoms with van der Waals surface area (Å²) < 4.78 is 7.23. The second-order valence-electron chi connectivity index (χ2n) is 3.60. The molecule has 0 saturated carbocycles. The van der Waals surface area contributed by atoms with Crippen LogP contribution in [0.2, 0.25) is 0 Å². The third-order valence-electron chi connectivity index (χ3n) is 2.35. The molecule has 0 amide bonds. The smallest absolute Gasteiger partial charge is 0.141 e. The fourth-order valence-electron chi connectivity index (χ4n) is 1.55. The van der Waals surface area contributed by atoms with Crippen molar-refractivity contribution >= 4 is 43.8 Å². The Kier molecular flexibility index (Phi) is 4.55. The molecular weight excluding hydrogens is 358 g/mol. The van der Waals surface area contributed by atoms with Gasteiger partial charge in [-0.1, -0.05) is 34.1 Å². The predicted molar refractivity (Wildman–Crippen MR) is 82.1 cm³/mol. The third kappa shape index (κ3) is 3.21. The van der Waals surface area contributed by atoms with Crippen molar-refractivity contribution in [2.75, 3.05) is 7.11 Å². The van der Waals surface area contributed by atoms with Crippen molar-refractivity contribution in [2.24, 2.45) is 4.99 Å². The van der Waals surface area contributed by atoms with Crippen LogP contribution in [-0.2, 0) is 0 Å². The van der Waals surface area contributed by atoms with Crippen LogP contribution in [0.4, 0.5) is 5.69 Å². The van der Waals surface area contributed by atoms with E-state index in [0.29, 0.717) is 0 Å². The van der Waals surface area contributed by atoms with Gasteiger partial charge in [-0.2, -0.15) is 0 Å². The minimum absolute atomic E-state index is 0.776. The van der Waals surface area contributed by atoms with Gasteiger partial charge in [0, 0.05) is 16.3 Å². The van der Waals surface area contributed by atoms with E-state index in [0.717, 1.165) is 25.9 Å². The van der Waals surface area contributed by atoms with Crippen molar-refractivity contribution in [3.05, 3.63) is 57.0 Å². The molecule has 2 rings (SSSR count). The zero-order valence-electron chi connectivity index (χ0n) is 9.73. The quantitative estimate of drug-likeness (QED) is 0.701. The summed E-state index contributed by atoms with van der Waals surface area (Å²) in [6, 6.07) is 13.7. The van der Waals surface area contributed by atoms with Gasteiger partial charge in [0.05, 0.1) is 17.3 Å². The van der Waals surface area contributed by atoms with E-state index in [1.807, 2.05) is 42.5 Å². The van der Waals surface area contributed by atoms with Crippen molar-refractivity contribution in [1.82, 2.24) is 0 Å². The van der Waals surface area contributed by atoms with Crippen molar-refractivity contribution in [1.29, 1.82) is 0 Å². The summed E-state index contributed by atoms with van der Waals surface area (Å²) in [5.41, 5.74) is 1.83. The molecule has 0 fully saturated rings. The van der Waals surface area contributed by atoms with E-state index in [-0.39, 0.29) is 0 Å². The van der Waals surface area contributed by atoms with Crippen molar-refractivity contribution in [2.45, 2.75) is 0 Å². The second-order valence-corrected chi connectivity index (χ2v) is 5.37. The lowest BCUT2D eigenvalue weighted by Gasteiger charge is -2.07. The molecule has 0 heterocycles. The highest BCUT2D eigenvalue weighted by Crippen LogP contribution is 2.31. The Labute approximate surface area is 123 Å². The molecule has 0 atom stereocenters. The number of methoxy groups -OCH3 is 1. The number of nitrogens with zero attached hydrogens (tertiary/aromatic N) is 1. The Morgan fingerprint density at radius 3 is 2.50 bits per heavy atom. The topological polar surface area (TPSA) is 21.6 Å². The van der Waals surface area contributed by atoms with Gasteiger partial charge in [0.25, 0.3) is 0 Å². The second kappa shape index (κ2) is 6.16. The number of aliphatic imine (C=N–C) groups is 1. The predicted octanol–water partition coefficient (Wildman–Crippen LogP) is 4.97. The first-order valence-corrected chi connectivity index (χ1v) is 6.91. The summed E-state index contributed by atoms with van der Waals surface area (Å²) in [6.07, 6.45) is 1.80. The average Bonchev–Trinajstić information content (AvgIpc) is 2.37. The summed E-state index contributed by atoms with van der Waals surface area (Å²) in [5.74, 6) is 0.776. The molecule has 0 aliphatic carbocycles. The Hall–Kier alpha value is -1.13. The normalized spacial score (nSPS) is 10.8. The molecule has 0 N–H and O–H groups in total. The Morgan fingerprint density at radius 1 is 1.11 bits per heavy atom. The van der Waals surface area contributed by atoms with E-state index in [1.165, 1.54) is 0 Å². The highest BCUT2D eigenvalue weighted by Gasteiger charge is 2.07. The van der Waals surface area contributed by atoms with E-state index in [1.54, 1.807) is 13.3 Å². The SMILES string of the molecule is COc1c(Br)cc(Br)cc1C=Nc1ccccc1. The van der Waals surface area contributed by atoms with E-state index < -0.39 is 0 Å². The number of ether oxygens (including phenoxy) is 1. The van der Waals surface area contributed by atoms with Gasteiger partial charge in [0.1, 0.15) is 5.75 Å². The Morgan fingerprint density at radius 2 is 1.83 bits per heavy atom. The van der Waals surface area contributed by atoms with Crippen LogP contribution < -0.4 is 4.74 Å². The first-order chi connectivity index (χ1) is 8.70. The third-order valence-corrected chi connectivity index (χ3v) is 3.40. The molecule has 0 radical (unpaired) electrons. The number of para-hydroxylation sites is 1. The van der Waals surface area contributed by atoms with Crippen LogP contribution in [0.5, 0.6) is 5.75 Å². The van der Waals surface area contributed by atoms with E-state index >= 15 is 0 Å². The zero-order chi connectivity index (χ0) is 13.0. The fourth-order valence-corrected chi connectivity index (χ4v) is 2.97. The number of halogens is 2. The van der Waals surface area contributed by atoms with E-state index in [2.05, 4.69) is 36.9 Å². The average molecular weight is 369 g/mol. The molecule has 0 aliphatic heterocycles. The molecule has 0 spiro atoms.